The number of aromatic amines is 1. The Hall–Kier alpha value is -2.93. The lowest BCUT2D eigenvalue weighted by molar-refractivity contribution is 0.0606. The maximum atomic E-state index is 12.5. The summed E-state index contributed by atoms with van der Waals surface area (Å²) in [5, 5.41) is 3.84. The van der Waals surface area contributed by atoms with E-state index in [0.717, 1.165) is 11.3 Å². The number of rotatable bonds is 3. The summed E-state index contributed by atoms with van der Waals surface area (Å²) >= 11 is 1.11. The second-order valence-electron chi connectivity index (χ2n) is 4.70. The largest absolute Gasteiger partial charge is 0.465 e. The molecule has 116 valence electrons. The topological polar surface area (TPSA) is 88.3 Å². The van der Waals surface area contributed by atoms with Crippen LogP contribution < -0.4 is 10.9 Å². The van der Waals surface area contributed by atoms with Crippen LogP contribution in [0.15, 0.2) is 47.3 Å². The van der Waals surface area contributed by atoms with Crippen molar-refractivity contribution in [2.45, 2.75) is 0 Å². The number of ether oxygens (including phenoxy) is 1. The Morgan fingerprint density at radius 1 is 1.17 bits per heavy atom. The van der Waals surface area contributed by atoms with Gasteiger partial charge in [0.15, 0.2) is 0 Å². The first kappa shape index (κ1) is 15.0. The molecule has 23 heavy (non-hydrogen) atoms. The van der Waals surface area contributed by atoms with Gasteiger partial charge in [0.1, 0.15) is 4.88 Å². The number of benzene rings is 1. The molecule has 0 unspecified atom stereocenters. The first-order chi connectivity index (χ1) is 11.1. The second-order valence-corrected chi connectivity index (χ2v) is 5.79. The molecule has 0 radical (unpaired) electrons. The number of H-pyrrole nitrogens is 1. The fraction of sp³-hybridized carbons (Fsp3) is 0.0625. The Bertz CT molecular complexity index is 958. The highest BCUT2D eigenvalue weighted by Crippen LogP contribution is 2.24. The fourth-order valence-electron chi connectivity index (χ4n) is 2.19. The van der Waals surface area contributed by atoms with Crippen LogP contribution in [0.2, 0.25) is 0 Å². The van der Waals surface area contributed by atoms with Crippen molar-refractivity contribution in [3.05, 3.63) is 63.3 Å². The Balaban J connectivity index is 1.93. The average molecular weight is 328 g/mol. The maximum absolute atomic E-state index is 12.5. The SMILES string of the molecule is COC(=O)c1ccc(NC(=O)c2cc(=O)[nH]c3ccccc23)s1. The number of amides is 1. The molecule has 3 rings (SSSR count). The standard InChI is InChI=1S/C16H12N2O4S/c1-22-16(21)12-6-7-14(23-12)18-15(20)10-8-13(19)17-11-5-3-2-4-9(10)11/h2-8H,1H3,(H,17,19)(H,18,20). The Morgan fingerprint density at radius 2 is 1.96 bits per heavy atom. The number of pyridine rings is 1. The summed E-state index contributed by atoms with van der Waals surface area (Å²) in [5.41, 5.74) is 0.513. The highest BCUT2D eigenvalue weighted by molar-refractivity contribution is 7.18. The summed E-state index contributed by atoms with van der Waals surface area (Å²) in [6.45, 7) is 0. The van der Waals surface area contributed by atoms with Gasteiger partial charge in [-0.25, -0.2) is 4.79 Å². The van der Waals surface area contributed by atoms with E-state index in [-0.39, 0.29) is 11.1 Å². The minimum atomic E-state index is -0.461. The van der Waals surface area contributed by atoms with Crippen molar-refractivity contribution >= 4 is 39.1 Å². The molecule has 3 aromatic rings. The molecule has 2 aromatic heterocycles. The molecule has 0 atom stereocenters. The van der Waals surface area contributed by atoms with Crippen LogP contribution >= 0.6 is 11.3 Å². The number of carbonyl (C=O) groups excluding carboxylic acids is 2. The Morgan fingerprint density at radius 3 is 2.74 bits per heavy atom. The molecule has 2 N–H and O–H groups in total. The minimum Gasteiger partial charge on any atom is -0.465 e. The van der Waals surface area contributed by atoms with E-state index < -0.39 is 11.9 Å². The van der Waals surface area contributed by atoms with E-state index in [1.54, 1.807) is 36.4 Å². The van der Waals surface area contributed by atoms with Gasteiger partial charge in [0, 0.05) is 17.0 Å². The lowest BCUT2D eigenvalue weighted by Crippen LogP contribution is -2.16. The van der Waals surface area contributed by atoms with Crippen molar-refractivity contribution in [2.75, 3.05) is 12.4 Å². The Labute approximate surface area is 134 Å². The lowest BCUT2D eigenvalue weighted by Gasteiger charge is -2.06. The maximum Gasteiger partial charge on any atom is 0.348 e. The van der Waals surface area contributed by atoms with Gasteiger partial charge in [-0.2, -0.15) is 0 Å². The number of para-hydroxylation sites is 1. The number of hydrogen-bond donors (Lipinski definition) is 2. The molecule has 1 aromatic carbocycles. The zero-order chi connectivity index (χ0) is 16.4. The number of nitrogens with one attached hydrogen (secondary N) is 2. The van der Waals surface area contributed by atoms with Crippen molar-refractivity contribution < 1.29 is 14.3 Å². The average Bonchev–Trinajstić information content (AvgIpc) is 3.01. The molecule has 6 nitrogen and oxygen atoms in total. The van der Waals surface area contributed by atoms with Crippen molar-refractivity contribution in [3.8, 4) is 0 Å². The summed E-state index contributed by atoms with van der Waals surface area (Å²) < 4.78 is 4.63. The molecule has 0 aliphatic rings. The van der Waals surface area contributed by atoms with Crippen LogP contribution in [0.4, 0.5) is 5.00 Å². The predicted molar refractivity (Wildman–Crippen MR) is 88.2 cm³/mol. The minimum absolute atomic E-state index is 0.275. The first-order valence-electron chi connectivity index (χ1n) is 6.70. The molecule has 7 heteroatoms. The Kier molecular flexibility index (Phi) is 3.94. The number of esters is 1. The normalized spacial score (nSPS) is 10.5. The molecule has 0 bridgehead atoms. The van der Waals surface area contributed by atoms with Crippen LogP contribution in [-0.2, 0) is 4.74 Å². The van der Waals surface area contributed by atoms with E-state index in [2.05, 4.69) is 15.0 Å². The molecular formula is C16H12N2O4S. The fourth-order valence-corrected chi connectivity index (χ4v) is 3.01. The molecule has 0 spiro atoms. The monoisotopic (exact) mass is 328 g/mol. The summed E-state index contributed by atoms with van der Waals surface area (Å²) in [5.74, 6) is -0.873. The lowest BCUT2D eigenvalue weighted by atomic mass is 10.1. The summed E-state index contributed by atoms with van der Waals surface area (Å²) in [7, 11) is 1.29. The van der Waals surface area contributed by atoms with E-state index in [1.807, 2.05) is 0 Å². The molecule has 0 aliphatic heterocycles. The number of fused-ring (bicyclic) bond motifs is 1. The van der Waals surface area contributed by atoms with Gasteiger partial charge in [-0.15, -0.1) is 11.3 Å². The van der Waals surface area contributed by atoms with Gasteiger partial charge in [0.2, 0.25) is 5.56 Å². The van der Waals surface area contributed by atoms with E-state index in [9.17, 15) is 14.4 Å². The number of thiophene rings is 1. The van der Waals surface area contributed by atoms with Crippen LogP contribution in [0.5, 0.6) is 0 Å². The van der Waals surface area contributed by atoms with Gasteiger partial charge in [-0.3, -0.25) is 9.59 Å². The van der Waals surface area contributed by atoms with Crippen LogP contribution in [0, 0.1) is 0 Å². The number of carbonyl (C=O) groups is 2. The molecule has 0 aliphatic carbocycles. The number of hydrogen-bond acceptors (Lipinski definition) is 5. The number of anilines is 1. The third kappa shape index (κ3) is 3.00. The number of methoxy groups -OCH3 is 1. The van der Waals surface area contributed by atoms with Gasteiger partial charge >= 0.3 is 5.97 Å². The van der Waals surface area contributed by atoms with Crippen molar-refractivity contribution in [1.29, 1.82) is 0 Å². The van der Waals surface area contributed by atoms with Gasteiger partial charge in [-0.1, -0.05) is 18.2 Å². The van der Waals surface area contributed by atoms with Gasteiger partial charge < -0.3 is 15.0 Å². The zero-order valence-electron chi connectivity index (χ0n) is 12.1. The molecule has 0 saturated heterocycles. The highest BCUT2D eigenvalue weighted by atomic mass is 32.1. The van der Waals surface area contributed by atoms with E-state index >= 15 is 0 Å². The van der Waals surface area contributed by atoms with Crippen LogP contribution in [0.1, 0.15) is 20.0 Å². The highest BCUT2D eigenvalue weighted by Gasteiger charge is 2.14. The van der Waals surface area contributed by atoms with Crippen molar-refractivity contribution in [3.63, 3.8) is 0 Å². The molecule has 0 fully saturated rings. The van der Waals surface area contributed by atoms with Crippen molar-refractivity contribution in [1.82, 2.24) is 4.98 Å². The van der Waals surface area contributed by atoms with Crippen molar-refractivity contribution in [2.24, 2.45) is 0 Å². The predicted octanol–water partition coefficient (Wildman–Crippen LogP) is 2.63. The van der Waals surface area contributed by atoms with Gasteiger partial charge in [-0.05, 0) is 18.2 Å². The first-order valence-corrected chi connectivity index (χ1v) is 7.51. The third-order valence-corrected chi connectivity index (χ3v) is 4.21. The van der Waals surface area contributed by atoms with Gasteiger partial charge in [0.25, 0.3) is 5.91 Å². The third-order valence-electron chi connectivity index (χ3n) is 3.22. The zero-order valence-corrected chi connectivity index (χ0v) is 12.9. The summed E-state index contributed by atoms with van der Waals surface area (Å²) in [6, 6.07) is 11.5. The summed E-state index contributed by atoms with van der Waals surface area (Å²) in [6.07, 6.45) is 0. The van der Waals surface area contributed by atoms with Crippen LogP contribution in [0.3, 0.4) is 0 Å². The van der Waals surface area contributed by atoms with Gasteiger partial charge in [0.05, 0.1) is 17.7 Å². The van der Waals surface area contributed by atoms with E-state index in [4.69, 9.17) is 0 Å². The second kappa shape index (κ2) is 6.05. The smallest absolute Gasteiger partial charge is 0.348 e. The van der Waals surface area contributed by atoms with Crippen LogP contribution in [-0.4, -0.2) is 24.0 Å². The summed E-state index contributed by atoms with van der Waals surface area (Å²) in [4.78, 5) is 38.7. The molecule has 1 amide bonds. The molecular weight excluding hydrogens is 316 g/mol. The molecule has 2 heterocycles. The van der Waals surface area contributed by atoms with E-state index in [1.165, 1.54) is 13.2 Å². The van der Waals surface area contributed by atoms with E-state index in [0.29, 0.717) is 20.8 Å². The quantitative estimate of drug-likeness (QED) is 0.723. The van der Waals surface area contributed by atoms with Crippen LogP contribution in [0.25, 0.3) is 10.9 Å². The number of aromatic nitrogens is 1. The molecule has 0 saturated carbocycles.